The van der Waals surface area contributed by atoms with Crippen LogP contribution in [0.1, 0.15) is 18.2 Å². The highest BCUT2D eigenvalue weighted by Crippen LogP contribution is 2.25. The Morgan fingerprint density at radius 3 is 2.64 bits per heavy atom. The molecule has 0 spiro atoms. The number of nitrogens with one attached hydrogen (secondary N) is 1. The van der Waals surface area contributed by atoms with Crippen LogP contribution in [0.5, 0.6) is 0 Å². The number of hydrogen-bond acceptors (Lipinski definition) is 0. The van der Waals surface area contributed by atoms with Crippen molar-refractivity contribution < 1.29 is 8.78 Å². The maximum atomic E-state index is 13.3. The largest absolute Gasteiger partial charge is 0.356 e. The number of fused-ring (bicyclic) bond motifs is 1. The Morgan fingerprint density at radius 2 is 2.00 bits per heavy atom. The smallest absolute Gasteiger partial charge is 0.150 e. The molecule has 0 aliphatic carbocycles. The Balaban J connectivity index is 2.87. The zero-order chi connectivity index (χ0) is 10.3. The number of H-pyrrole nitrogens is 1. The predicted octanol–water partition coefficient (Wildman–Crippen LogP) is 3.32. The second-order valence-corrected chi connectivity index (χ2v) is 3.39. The summed E-state index contributed by atoms with van der Waals surface area (Å²) < 4.78 is 26.3. The summed E-state index contributed by atoms with van der Waals surface area (Å²) in [4.78, 5) is 2.93. The van der Waals surface area contributed by atoms with Crippen LogP contribution >= 0.6 is 0 Å². The van der Waals surface area contributed by atoms with Gasteiger partial charge in [0.1, 0.15) is 11.6 Å². The molecule has 0 radical (unpaired) electrons. The first kappa shape index (κ1) is 9.19. The van der Waals surface area contributed by atoms with Crippen LogP contribution in [0, 0.1) is 18.6 Å². The fourth-order valence-corrected chi connectivity index (χ4v) is 1.86. The van der Waals surface area contributed by atoms with E-state index in [0.717, 1.165) is 23.7 Å². The van der Waals surface area contributed by atoms with Gasteiger partial charge in [-0.05, 0) is 25.0 Å². The summed E-state index contributed by atoms with van der Waals surface area (Å²) in [5.41, 5.74) is 2.30. The molecule has 0 amide bonds. The van der Waals surface area contributed by atoms with Crippen molar-refractivity contribution in [3.8, 4) is 0 Å². The lowest BCUT2D eigenvalue weighted by Gasteiger charge is -1.96. The third kappa shape index (κ3) is 1.20. The molecule has 1 heterocycles. The van der Waals surface area contributed by atoms with E-state index in [-0.39, 0.29) is 0 Å². The topological polar surface area (TPSA) is 15.8 Å². The van der Waals surface area contributed by atoms with Gasteiger partial charge in [-0.1, -0.05) is 6.92 Å². The van der Waals surface area contributed by atoms with Crippen LogP contribution in [0.25, 0.3) is 10.9 Å². The number of halogens is 2. The van der Waals surface area contributed by atoms with Crippen molar-refractivity contribution in [3.05, 3.63) is 35.0 Å². The average Bonchev–Trinajstić information content (AvgIpc) is 2.41. The lowest BCUT2D eigenvalue weighted by Crippen LogP contribution is -1.83. The summed E-state index contributed by atoms with van der Waals surface area (Å²) in [6.45, 7) is 3.84. The van der Waals surface area contributed by atoms with E-state index < -0.39 is 11.6 Å². The minimum atomic E-state index is -0.525. The van der Waals surface area contributed by atoms with Gasteiger partial charge in [0.2, 0.25) is 0 Å². The highest BCUT2D eigenvalue weighted by atomic mass is 19.1. The SMILES string of the molecule is CCc1c(C)[nH]c2c(F)cc(F)cc12. The van der Waals surface area contributed by atoms with Crippen molar-refractivity contribution in [3.63, 3.8) is 0 Å². The molecule has 1 N–H and O–H groups in total. The van der Waals surface area contributed by atoms with E-state index in [1.54, 1.807) is 0 Å². The molecule has 0 saturated heterocycles. The van der Waals surface area contributed by atoms with E-state index >= 15 is 0 Å². The summed E-state index contributed by atoms with van der Waals surface area (Å²) in [5.74, 6) is -1.05. The van der Waals surface area contributed by atoms with Crippen LogP contribution in [0.2, 0.25) is 0 Å². The van der Waals surface area contributed by atoms with Crippen LogP contribution in [-0.2, 0) is 6.42 Å². The van der Waals surface area contributed by atoms with Gasteiger partial charge < -0.3 is 4.98 Å². The molecule has 0 unspecified atom stereocenters. The molecule has 1 aromatic heterocycles. The molecule has 1 nitrogen and oxygen atoms in total. The van der Waals surface area contributed by atoms with Crippen molar-refractivity contribution in [1.29, 1.82) is 0 Å². The van der Waals surface area contributed by atoms with Crippen molar-refractivity contribution >= 4 is 10.9 Å². The van der Waals surface area contributed by atoms with E-state index in [0.29, 0.717) is 10.9 Å². The Kier molecular flexibility index (Phi) is 2.02. The minimum Gasteiger partial charge on any atom is -0.356 e. The summed E-state index contributed by atoms with van der Waals surface area (Å²) in [7, 11) is 0. The van der Waals surface area contributed by atoms with E-state index in [9.17, 15) is 8.78 Å². The standard InChI is InChI=1S/C11H11F2N/c1-3-8-6(2)14-11-9(8)4-7(12)5-10(11)13/h4-5,14H,3H2,1-2H3. The second-order valence-electron chi connectivity index (χ2n) is 3.39. The second kappa shape index (κ2) is 3.08. The fraction of sp³-hybridized carbons (Fsp3) is 0.273. The van der Waals surface area contributed by atoms with Gasteiger partial charge in [0.15, 0.2) is 0 Å². The molecule has 2 rings (SSSR count). The molecular weight excluding hydrogens is 184 g/mol. The maximum Gasteiger partial charge on any atom is 0.150 e. The first-order chi connectivity index (χ1) is 6.63. The van der Waals surface area contributed by atoms with E-state index in [4.69, 9.17) is 0 Å². The van der Waals surface area contributed by atoms with Gasteiger partial charge in [-0.15, -0.1) is 0 Å². The van der Waals surface area contributed by atoms with Gasteiger partial charge in [-0.2, -0.15) is 0 Å². The molecule has 0 aliphatic rings. The summed E-state index contributed by atoms with van der Waals surface area (Å²) >= 11 is 0. The van der Waals surface area contributed by atoms with Crippen molar-refractivity contribution in [2.24, 2.45) is 0 Å². The van der Waals surface area contributed by atoms with Crippen LogP contribution in [0.4, 0.5) is 8.78 Å². The molecule has 14 heavy (non-hydrogen) atoms. The van der Waals surface area contributed by atoms with Gasteiger partial charge in [0.25, 0.3) is 0 Å². The number of aromatic amines is 1. The van der Waals surface area contributed by atoms with E-state index in [2.05, 4.69) is 4.98 Å². The monoisotopic (exact) mass is 195 g/mol. The first-order valence-corrected chi connectivity index (χ1v) is 4.59. The lowest BCUT2D eigenvalue weighted by atomic mass is 10.1. The summed E-state index contributed by atoms with van der Waals surface area (Å²) in [6, 6.07) is 2.28. The molecular formula is C11H11F2N. The van der Waals surface area contributed by atoms with E-state index in [1.807, 2.05) is 13.8 Å². The number of aromatic nitrogens is 1. The summed E-state index contributed by atoms with van der Waals surface area (Å²) in [5, 5.41) is 0.655. The maximum absolute atomic E-state index is 13.3. The molecule has 74 valence electrons. The van der Waals surface area contributed by atoms with Gasteiger partial charge in [0.05, 0.1) is 5.52 Å². The molecule has 2 aromatic rings. The van der Waals surface area contributed by atoms with Crippen molar-refractivity contribution in [2.75, 3.05) is 0 Å². The molecule has 1 aromatic carbocycles. The number of rotatable bonds is 1. The minimum absolute atomic E-state index is 0.403. The van der Waals surface area contributed by atoms with Crippen LogP contribution < -0.4 is 0 Å². The quantitative estimate of drug-likeness (QED) is 0.718. The highest BCUT2D eigenvalue weighted by molar-refractivity contribution is 5.85. The van der Waals surface area contributed by atoms with Crippen LogP contribution in [-0.4, -0.2) is 4.98 Å². The Hall–Kier alpha value is -1.38. The average molecular weight is 195 g/mol. The van der Waals surface area contributed by atoms with Gasteiger partial charge in [-0.25, -0.2) is 8.78 Å². The number of hydrogen-bond donors (Lipinski definition) is 1. The molecule has 3 heteroatoms. The van der Waals surface area contributed by atoms with Crippen LogP contribution in [0.15, 0.2) is 12.1 Å². The summed E-state index contributed by atoms with van der Waals surface area (Å²) in [6.07, 6.45) is 0.773. The first-order valence-electron chi connectivity index (χ1n) is 4.59. The molecule has 0 saturated carbocycles. The van der Waals surface area contributed by atoms with Crippen LogP contribution in [0.3, 0.4) is 0 Å². The predicted molar refractivity (Wildman–Crippen MR) is 52.3 cm³/mol. The highest BCUT2D eigenvalue weighted by Gasteiger charge is 2.11. The Morgan fingerprint density at radius 1 is 1.29 bits per heavy atom. The zero-order valence-electron chi connectivity index (χ0n) is 8.12. The molecule has 0 aliphatic heterocycles. The lowest BCUT2D eigenvalue weighted by molar-refractivity contribution is 0.591. The molecule has 0 bridgehead atoms. The molecule has 0 fully saturated rings. The zero-order valence-corrected chi connectivity index (χ0v) is 8.12. The van der Waals surface area contributed by atoms with Gasteiger partial charge >= 0.3 is 0 Å². The van der Waals surface area contributed by atoms with Crippen molar-refractivity contribution in [1.82, 2.24) is 4.98 Å². The number of aryl methyl sites for hydroxylation is 2. The van der Waals surface area contributed by atoms with Crippen molar-refractivity contribution in [2.45, 2.75) is 20.3 Å². The Bertz CT molecular complexity index is 485. The normalized spacial score (nSPS) is 11.1. The fourth-order valence-electron chi connectivity index (χ4n) is 1.86. The van der Waals surface area contributed by atoms with Gasteiger partial charge in [0, 0.05) is 17.1 Å². The van der Waals surface area contributed by atoms with E-state index in [1.165, 1.54) is 6.07 Å². The van der Waals surface area contributed by atoms with Gasteiger partial charge in [-0.3, -0.25) is 0 Å². The third-order valence-electron chi connectivity index (χ3n) is 2.50. The molecule has 0 atom stereocenters. The Labute approximate surface area is 80.7 Å². The number of benzene rings is 1. The third-order valence-corrected chi connectivity index (χ3v) is 2.50.